The van der Waals surface area contributed by atoms with E-state index in [2.05, 4.69) is 0 Å². The third-order valence-electron chi connectivity index (χ3n) is 5.16. The number of benzene rings is 3. The third-order valence-corrected chi connectivity index (χ3v) is 5.16. The van der Waals surface area contributed by atoms with Gasteiger partial charge in [0, 0.05) is 6.42 Å². The van der Waals surface area contributed by atoms with Crippen molar-refractivity contribution in [3.05, 3.63) is 108 Å². The molecule has 3 atom stereocenters. The molecule has 144 valence electrons. The molecule has 4 rings (SSSR count). The van der Waals surface area contributed by atoms with Crippen LogP contribution in [0.4, 0.5) is 4.39 Å². The summed E-state index contributed by atoms with van der Waals surface area (Å²) in [6, 6.07) is 30.0. The van der Waals surface area contributed by atoms with E-state index in [9.17, 15) is 9.50 Å². The average molecular weight is 378 g/mol. The first-order valence-corrected chi connectivity index (χ1v) is 9.48. The second-order valence-electron chi connectivity index (χ2n) is 6.99. The summed E-state index contributed by atoms with van der Waals surface area (Å²) in [4.78, 5) is 0. The summed E-state index contributed by atoms with van der Waals surface area (Å²) in [5.41, 5.74) is 2.06. The zero-order valence-electron chi connectivity index (χ0n) is 15.4. The summed E-state index contributed by atoms with van der Waals surface area (Å²) in [7, 11) is 0. The summed E-state index contributed by atoms with van der Waals surface area (Å²) in [6.45, 7) is 0.163. The molecule has 1 saturated heterocycles. The van der Waals surface area contributed by atoms with Gasteiger partial charge in [0.15, 0.2) is 12.5 Å². The van der Waals surface area contributed by atoms with Crippen LogP contribution >= 0.6 is 0 Å². The number of hydrogen-bond donors (Lipinski definition) is 1. The number of halogens is 1. The van der Waals surface area contributed by atoms with Crippen molar-refractivity contribution in [3.8, 4) is 0 Å². The van der Waals surface area contributed by atoms with Gasteiger partial charge >= 0.3 is 0 Å². The zero-order valence-corrected chi connectivity index (χ0v) is 15.4. The molecular weight excluding hydrogens is 355 g/mol. The molecule has 1 N–H and O–H groups in total. The Morgan fingerprint density at radius 2 is 1.25 bits per heavy atom. The van der Waals surface area contributed by atoms with E-state index in [1.165, 1.54) is 0 Å². The lowest BCUT2D eigenvalue weighted by atomic mass is 9.80. The Hall–Kier alpha value is -2.53. The zero-order chi connectivity index (χ0) is 19.4. The van der Waals surface area contributed by atoms with Crippen LogP contribution in [0.5, 0.6) is 0 Å². The SMILES string of the molecule is O[C@H]1O[C@@H](COC(c2ccccc2)(c2ccccc2)c2ccccc2)C[C@H]1F. The van der Waals surface area contributed by atoms with Crippen LogP contribution in [0.2, 0.25) is 0 Å². The molecule has 0 amide bonds. The second-order valence-corrected chi connectivity index (χ2v) is 6.99. The van der Waals surface area contributed by atoms with E-state index in [0.29, 0.717) is 0 Å². The Balaban J connectivity index is 1.79. The van der Waals surface area contributed by atoms with Crippen molar-refractivity contribution in [2.24, 2.45) is 0 Å². The Morgan fingerprint density at radius 1 is 0.821 bits per heavy atom. The van der Waals surface area contributed by atoms with E-state index in [4.69, 9.17) is 9.47 Å². The lowest BCUT2D eigenvalue weighted by molar-refractivity contribution is -0.135. The average Bonchev–Trinajstić information content (AvgIpc) is 3.08. The fraction of sp³-hybridized carbons (Fsp3) is 0.250. The van der Waals surface area contributed by atoms with Gasteiger partial charge in [-0.25, -0.2) is 4.39 Å². The maximum atomic E-state index is 13.7. The minimum absolute atomic E-state index is 0.121. The fourth-order valence-corrected chi connectivity index (χ4v) is 3.80. The van der Waals surface area contributed by atoms with Crippen molar-refractivity contribution in [2.75, 3.05) is 6.61 Å². The molecule has 0 bridgehead atoms. The molecule has 3 aromatic carbocycles. The molecule has 0 unspecified atom stereocenters. The number of rotatable bonds is 6. The molecule has 1 fully saturated rings. The van der Waals surface area contributed by atoms with Crippen molar-refractivity contribution in [2.45, 2.75) is 30.6 Å². The maximum absolute atomic E-state index is 13.7. The lowest BCUT2D eigenvalue weighted by Gasteiger charge is -2.36. The van der Waals surface area contributed by atoms with Crippen LogP contribution in [0.1, 0.15) is 23.1 Å². The van der Waals surface area contributed by atoms with Crippen LogP contribution in [-0.2, 0) is 15.1 Å². The molecule has 0 aliphatic carbocycles. The Kier molecular flexibility index (Phi) is 5.53. The van der Waals surface area contributed by atoms with Crippen molar-refractivity contribution in [1.82, 2.24) is 0 Å². The van der Waals surface area contributed by atoms with E-state index >= 15 is 0 Å². The monoisotopic (exact) mass is 378 g/mol. The molecule has 3 aromatic rings. The Bertz CT molecular complexity index is 763. The number of ether oxygens (including phenoxy) is 2. The molecule has 0 spiro atoms. The first-order chi connectivity index (χ1) is 13.7. The van der Waals surface area contributed by atoms with Crippen LogP contribution in [0.25, 0.3) is 0 Å². The van der Waals surface area contributed by atoms with Crippen LogP contribution < -0.4 is 0 Å². The predicted octanol–water partition coefficient (Wildman–Crippen LogP) is 4.44. The van der Waals surface area contributed by atoms with E-state index < -0.39 is 24.2 Å². The van der Waals surface area contributed by atoms with Gasteiger partial charge in [-0.15, -0.1) is 0 Å². The minimum Gasteiger partial charge on any atom is -0.366 e. The van der Waals surface area contributed by atoms with Gasteiger partial charge in [-0.1, -0.05) is 91.0 Å². The highest BCUT2D eigenvalue weighted by atomic mass is 19.1. The maximum Gasteiger partial charge on any atom is 0.186 e. The number of hydrogen-bond acceptors (Lipinski definition) is 3. The fourth-order valence-electron chi connectivity index (χ4n) is 3.80. The minimum atomic E-state index is -1.38. The largest absolute Gasteiger partial charge is 0.366 e. The second kappa shape index (κ2) is 8.23. The smallest absolute Gasteiger partial charge is 0.186 e. The van der Waals surface area contributed by atoms with E-state index in [-0.39, 0.29) is 13.0 Å². The molecule has 1 heterocycles. The molecule has 1 aliphatic heterocycles. The highest BCUT2D eigenvalue weighted by Gasteiger charge is 2.40. The van der Waals surface area contributed by atoms with Gasteiger partial charge in [0.1, 0.15) is 5.60 Å². The Labute approximate surface area is 164 Å². The molecule has 3 nitrogen and oxygen atoms in total. The molecular formula is C24H23FO3. The van der Waals surface area contributed by atoms with E-state index in [0.717, 1.165) is 16.7 Å². The van der Waals surface area contributed by atoms with Gasteiger partial charge in [0.05, 0.1) is 12.7 Å². The van der Waals surface area contributed by atoms with Crippen LogP contribution in [0.3, 0.4) is 0 Å². The van der Waals surface area contributed by atoms with Crippen LogP contribution in [0.15, 0.2) is 91.0 Å². The standard InChI is InChI=1S/C24H23FO3/c25-22-16-21(28-23(22)26)17-27-24(18-10-4-1-5-11-18,19-12-6-2-7-13-19)20-14-8-3-9-15-20/h1-15,21-23,26H,16-17H2/t21-,22-,23+/m1/s1. The van der Waals surface area contributed by atoms with Crippen LogP contribution in [-0.4, -0.2) is 30.3 Å². The first kappa shape index (κ1) is 18.8. The quantitative estimate of drug-likeness (QED) is 0.645. The first-order valence-electron chi connectivity index (χ1n) is 9.48. The summed E-state index contributed by atoms with van der Waals surface area (Å²) in [5, 5.41) is 9.60. The van der Waals surface area contributed by atoms with Gasteiger partial charge in [0.25, 0.3) is 0 Å². The number of aliphatic hydroxyl groups is 1. The predicted molar refractivity (Wildman–Crippen MR) is 106 cm³/mol. The van der Waals surface area contributed by atoms with Crippen molar-refractivity contribution >= 4 is 0 Å². The molecule has 0 radical (unpaired) electrons. The Morgan fingerprint density at radius 3 is 1.61 bits per heavy atom. The topological polar surface area (TPSA) is 38.7 Å². The number of alkyl halides is 1. The summed E-state index contributed by atoms with van der Waals surface area (Å²) < 4.78 is 25.6. The molecule has 0 aromatic heterocycles. The normalized spacial score (nSPS) is 22.3. The van der Waals surface area contributed by atoms with Crippen molar-refractivity contribution in [3.63, 3.8) is 0 Å². The van der Waals surface area contributed by atoms with Crippen LogP contribution in [0, 0.1) is 0 Å². The number of aliphatic hydroxyl groups excluding tert-OH is 1. The molecule has 28 heavy (non-hydrogen) atoms. The van der Waals surface area contributed by atoms with Crippen molar-refractivity contribution in [1.29, 1.82) is 0 Å². The molecule has 1 aliphatic rings. The summed E-state index contributed by atoms with van der Waals surface area (Å²) in [5.74, 6) is 0. The molecule has 4 heteroatoms. The third kappa shape index (κ3) is 3.59. The van der Waals surface area contributed by atoms with E-state index in [1.807, 2.05) is 91.0 Å². The highest BCUT2D eigenvalue weighted by Crippen LogP contribution is 2.41. The molecule has 0 saturated carbocycles. The van der Waals surface area contributed by atoms with Crippen molar-refractivity contribution < 1.29 is 19.0 Å². The van der Waals surface area contributed by atoms with Gasteiger partial charge in [-0.3, -0.25) is 0 Å². The summed E-state index contributed by atoms with van der Waals surface area (Å²) >= 11 is 0. The lowest BCUT2D eigenvalue weighted by Crippen LogP contribution is -2.35. The van der Waals surface area contributed by atoms with Gasteiger partial charge < -0.3 is 14.6 Å². The van der Waals surface area contributed by atoms with Gasteiger partial charge in [-0.05, 0) is 16.7 Å². The van der Waals surface area contributed by atoms with Gasteiger partial charge in [-0.2, -0.15) is 0 Å². The van der Waals surface area contributed by atoms with E-state index in [1.54, 1.807) is 0 Å². The summed E-state index contributed by atoms with van der Waals surface area (Å²) in [6.07, 6.45) is -3.14. The highest BCUT2D eigenvalue weighted by molar-refractivity contribution is 5.47. The van der Waals surface area contributed by atoms with Gasteiger partial charge in [0.2, 0.25) is 0 Å².